The monoisotopic (exact) mass is 414 g/mol. The highest BCUT2D eigenvalue weighted by molar-refractivity contribution is 5.93. The van der Waals surface area contributed by atoms with Crippen LogP contribution in [0, 0.1) is 12.8 Å². The van der Waals surface area contributed by atoms with Crippen molar-refractivity contribution in [1.82, 2.24) is 10.2 Å². The fourth-order valence-electron chi connectivity index (χ4n) is 4.05. The number of hydrogen-bond donors (Lipinski definition) is 1. The molecular weight excluding hydrogens is 384 g/mol. The average Bonchev–Trinajstić information content (AvgIpc) is 2.79. The van der Waals surface area contributed by atoms with Gasteiger partial charge in [-0.05, 0) is 61.6 Å². The second-order valence-corrected chi connectivity index (χ2v) is 8.70. The third-order valence-corrected chi connectivity index (χ3v) is 5.93. The molecule has 2 aromatic carbocycles. The van der Waals surface area contributed by atoms with Crippen molar-refractivity contribution in [1.29, 1.82) is 0 Å². The average molecular weight is 415 g/mol. The van der Waals surface area contributed by atoms with E-state index in [1.54, 1.807) is 0 Å². The summed E-state index contributed by atoms with van der Waals surface area (Å²) >= 11 is 0. The first-order valence-electron chi connectivity index (χ1n) is 11.1. The van der Waals surface area contributed by atoms with Gasteiger partial charge < -0.3 is 10.2 Å². The Morgan fingerprint density at radius 2 is 1.87 bits per heavy atom. The van der Waals surface area contributed by atoms with E-state index in [2.05, 4.69) is 65.5 Å². The largest absolute Gasteiger partial charge is 0.354 e. The zero-order valence-electron chi connectivity index (χ0n) is 18.5. The van der Waals surface area contributed by atoms with Gasteiger partial charge in [-0.2, -0.15) is 0 Å². The maximum Gasteiger partial charge on any atom is 0.229 e. The highest BCUT2D eigenvalue weighted by atomic mass is 16.1. The van der Waals surface area contributed by atoms with Crippen molar-refractivity contribution < 1.29 is 4.79 Å². The first-order valence-corrected chi connectivity index (χ1v) is 11.1. The Kier molecular flexibility index (Phi) is 6.31. The van der Waals surface area contributed by atoms with Gasteiger partial charge in [0, 0.05) is 24.3 Å². The first kappa shape index (κ1) is 21.0. The number of aromatic nitrogens is 2. The molecule has 1 aliphatic heterocycles. The number of piperidine rings is 1. The van der Waals surface area contributed by atoms with Crippen molar-refractivity contribution in [3.63, 3.8) is 0 Å². The molecule has 4 rings (SSSR count). The Bertz CT molecular complexity index is 1030. The number of anilines is 2. The number of nitrogens with one attached hydrogen (secondary N) is 1. The van der Waals surface area contributed by atoms with Crippen LogP contribution in [-0.2, 0) is 4.79 Å². The molecule has 5 nitrogen and oxygen atoms in total. The molecule has 31 heavy (non-hydrogen) atoms. The van der Waals surface area contributed by atoms with Crippen molar-refractivity contribution in [2.24, 2.45) is 5.92 Å². The van der Waals surface area contributed by atoms with E-state index in [0.717, 1.165) is 42.1 Å². The third kappa shape index (κ3) is 5.10. The highest BCUT2D eigenvalue weighted by Gasteiger charge is 2.27. The number of amides is 1. The summed E-state index contributed by atoms with van der Waals surface area (Å²) in [7, 11) is 0. The molecule has 2 heterocycles. The summed E-state index contributed by atoms with van der Waals surface area (Å²) in [6.07, 6.45) is 1.85. The molecule has 1 fully saturated rings. The third-order valence-electron chi connectivity index (χ3n) is 5.93. The number of aryl methyl sites for hydroxylation is 1. The number of hydrogen-bond acceptors (Lipinski definition) is 4. The van der Waals surface area contributed by atoms with Gasteiger partial charge in [0.2, 0.25) is 5.91 Å². The van der Waals surface area contributed by atoms with Crippen molar-refractivity contribution >= 4 is 17.4 Å². The van der Waals surface area contributed by atoms with E-state index >= 15 is 0 Å². The molecule has 1 N–H and O–H groups in total. The van der Waals surface area contributed by atoms with E-state index in [1.807, 2.05) is 36.4 Å². The van der Waals surface area contributed by atoms with Gasteiger partial charge in [0.05, 0.1) is 11.6 Å². The van der Waals surface area contributed by atoms with Crippen molar-refractivity contribution in [2.75, 3.05) is 23.3 Å². The van der Waals surface area contributed by atoms with E-state index in [-0.39, 0.29) is 11.8 Å². The van der Waals surface area contributed by atoms with Gasteiger partial charge in [-0.3, -0.25) is 4.79 Å². The van der Waals surface area contributed by atoms with E-state index < -0.39 is 0 Å². The van der Waals surface area contributed by atoms with E-state index in [1.165, 1.54) is 11.1 Å². The van der Waals surface area contributed by atoms with Crippen LogP contribution in [0.2, 0.25) is 0 Å². The lowest BCUT2D eigenvalue weighted by atomic mass is 9.96. The maximum absolute atomic E-state index is 12.9. The summed E-state index contributed by atoms with van der Waals surface area (Å²) in [6, 6.07) is 20.4. The molecule has 0 radical (unpaired) electrons. The predicted octanol–water partition coefficient (Wildman–Crippen LogP) is 5.43. The summed E-state index contributed by atoms with van der Waals surface area (Å²) < 4.78 is 0. The summed E-state index contributed by atoms with van der Waals surface area (Å²) in [5, 5.41) is 12.0. The number of benzene rings is 2. The van der Waals surface area contributed by atoms with Crippen LogP contribution in [0.4, 0.5) is 11.5 Å². The van der Waals surface area contributed by atoms with Gasteiger partial charge in [0.25, 0.3) is 0 Å². The van der Waals surface area contributed by atoms with Gasteiger partial charge in [-0.1, -0.05) is 49.7 Å². The lowest BCUT2D eigenvalue weighted by Crippen LogP contribution is -2.41. The van der Waals surface area contributed by atoms with Crippen LogP contribution < -0.4 is 10.2 Å². The molecular formula is C26H30N4O. The van der Waals surface area contributed by atoms with Crippen LogP contribution in [0.3, 0.4) is 0 Å². The summed E-state index contributed by atoms with van der Waals surface area (Å²) in [6.45, 7) is 7.96. The minimum atomic E-state index is -0.0585. The molecule has 1 saturated heterocycles. The molecule has 1 aromatic heterocycles. The molecule has 1 amide bonds. The summed E-state index contributed by atoms with van der Waals surface area (Å²) in [4.78, 5) is 15.0. The lowest BCUT2D eigenvalue weighted by Gasteiger charge is -2.32. The molecule has 0 saturated carbocycles. The van der Waals surface area contributed by atoms with Gasteiger partial charge in [0.15, 0.2) is 5.82 Å². The van der Waals surface area contributed by atoms with E-state index in [4.69, 9.17) is 0 Å². The Hall–Kier alpha value is -3.21. The van der Waals surface area contributed by atoms with Crippen LogP contribution in [0.5, 0.6) is 0 Å². The number of rotatable bonds is 5. The minimum absolute atomic E-state index is 0.0585. The topological polar surface area (TPSA) is 58.1 Å². The minimum Gasteiger partial charge on any atom is -0.354 e. The normalized spacial score (nSPS) is 16.4. The Balaban J connectivity index is 1.40. The molecule has 3 aromatic rings. The molecule has 0 aliphatic carbocycles. The van der Waals surface area contributed by atoms with Gasteiger partial charge >= 0.3 is 0 Å². The van der Waals surface area contributed by atoms with Crippen LogP contribution in [0.15, 0.2) is 60.7 Å². The second kappa shape index (κ2) is 9.29. The van der Waals surface area contributed by atoms with Gasteiger partial charge in [0.1, 0.15) is 0 Å². The second-order valence-electron chi connectivity index (χ2n) is 8.70. The zero-order chi connectivity index (χ0) is 21.8. The molecule has 160 valence electrons. The number of carbonyl (C=O) groups excluding carboxylic acids is 1. The smallest absolute Gasteiger partial charge is 0.229 e. The van der Waals surface area contributed by atoms with Gasteiger partial charge in [-0.25, -0.2) is 0 Å². The highest BCUT2D eigenvalue weighted by Crippen LogP contribution is 2.25. The van der Waals surface area contributed by atoms with Crippen LogP contribution in [-0.4, -0.2) is 29.2 Å². The van der Waals surface area contributed by atoms with Crippen molar-refractivity contribution in [2.45, 2.75) is 39.5 Å². The quantitative estimate of drug-likeness (QED) is 0.605. The molecule has 0 spiro atoms. The van der Waals surface area contributed by atoms with Crippen LogP contribution in [0.1, 0.15) is 43.7 Å². The van der Waals surface area contributed by atoms with Crippen LogP contribution in [0.25, 0.3) is 11.3 Å². The van der Waals surface area contributed by atoms with E-state index in [9.17, 15) is 4.79 Å². The summed E-state index contributed by atoms with van der Waals surface area (Å²) in [5.74, 6) is 1.33. The Labute approximate surface area is 184 Å². The number of nitrogens with zero attached hydrogens (tertiary/aromatic N) is 3. The Morgan fingerprint density at radius 1 is 1.06 bits per heavy atom. The predicted molar refractivity (Wildman–Crippen MR) is 126 cm³/mol. The SMILES string of the molecule is Cc1cccc(-c2ccc(N3CCC[C@H](C(=O)Nc4ccc(C(C)C)cc4)C3)nn2)c1. The van der Waals surface area contributed by atoms with E-state index in [0.29, 0.717) is 12.5 Å². The molecule has 0 bridgehead atoms. The van der Waals surface area contributed by atoms with Crippen molar-refractivity contribution in [3.8, 4) is 11.3 Å². The fraction of sp³-hybridized carbons (Fsp3) is 0.346. The molecule has 5 heteroatoms. The first-order chi connectivity index (χ1) is 15.0. The standard InChI is InChI=1S/C26H30N4O/c1-18(2)20-9-11-23(12-10-20)27-26(31)22-8-5-15-30(17-22)25-14-13-24(28-29-25)21-7-4-6-19(3)16-21/h4,6-7,9-14,16,18,22H,5,8,15,17H2,1-3H3,(H,27,31)/t22-/m0/s1. The van der Waals surface area contributed by atoms with Crippen LogP contribution >= 0.6 is 0 Å². The zero-order valence-corrected chi connectivity index (χ0v) is 18.5. The Morgan fingerprint density at radius 3 is 2.55 bits per heavy atom. The summed E-state index contributed by atoms with van der Waals surface area (Å²) in [5.41, 5.74) is 5.26. The molecule has 1 atom stereocenters. The molecule has 0 unspecified atom stereocenters. The number of carbonyl (C=O) groups is 1. The molecule has 1 aliphatic rings. The van der Waals surface area contributed by atoms with Gasteiger partial charge in [-0.15, -0.1) is 10.2 Å². The maximum atomic E-state index is 12.9. The van der Waals surface area contributed by atoms with Crippen molar-refractivity contribution in [3.05, 3.63) is 71.8 Å². The fourth-order valence-corrected chi connectivity index (χ4v) is 4.05. The lowest BCUT2D eigenvalue weighted by molar-refractivity contribution is -0.120.